The van der Waals surface area contributed by atoms with E-state index in [4.69, 9.17) is 9.84 Å². The third-order valence-electron chi connectivity index (χ3n) is 3.39. The Morgan fingerprint density at radius 2 is 2.18 bits per heavy atom. The van der Waals surface area contributed by atoms with Gasteiger partial charge in [-0.15, -0.1) is 0 Å². The Hall–Kier alpha value is -0.850. The summed E-state index contributed by atoms with van der Waals surface area (Å²) in [6.07, 6.45) is -0.668. The van der Waals surface area contributed by atoms with Gasteiger partial charge in [-0.3, -0.25) is 0 Å². The van der Waals surface area contributed by atoms with Gasteiger partial charge in [0, 0.05) is 19.1 Å². The number of nitrogens with zero attached hydrogens (tertiary/aromatic N) is 1. The summed E-state index contributed by atoms with van der Waals surface area (Å²) in [5.74, 6) is -0.341. The van der Waals surface area contributed by atoms with Crippen LogP contribution < -0.4 is 5.32 Å². The molecule has 0 aromatic rings. The smallest absolute Gasteiger partial charge is 0.285 e. The second kappa shape index (κ2) is 5.20. The van der Waals surface area contributed by atoms with Crippen molar-refractivity contribution >= 4 is 6.02 Å². The third-order valence-corrected chi connectivity index (χ3v) is 3.39. The van der Waals surface area contributed by atoms with E-state index in [-0.39, 0.29) is 18.6 Å². The van der Waals surface area contributed by atoms with Gasteiger partial charge in [0.15, 0.2) is 0 Å². The lowest BCUT2D eigenvalue weighted by Crippen LogP contribution is -2.52. The molecule has 1 aliphatic heterocycles. The zero-order valence-corrected chi connectivity index (χ0v) is 9.91. The van der Waals surface area contributed by atoms with Crippen LogP contribution in [0.3, 0.4) is 0 Å². The highest BCUT2D eigenvalue weighted by atomic mass is 16.5. The molecule has 0 radical (unpaired) electrons. The molecule has 1 fully saturated rings. The van der Waals surface area contributed by atoms with Gasteiger partial charge in [-0.2, -0.15) is 0 Å². The van der Waals surface area contributed by atoms with Crippen molar-refractivity contribution < 1.29 is 20.1 Å². The first kappa shape index (κ1) is 12.6. The zero-order chi connectivity index (χ0) is 12.4. The number of hydrogen-bond donors (Lipinski definition) is 4. The Morgan fingerprint density at radius 3 is 2.82 bits per heavy atom. The van der Waals surface area contributed by atoms with E-state index in [0.29, 0.717) is 12.4 Å². The molecule has 6 heteroatoms. The largest absolute Gasteiger partial charge is 0.460 e. The van der Waals surface area contributed by atoms with Crippen LogP contribution >= 0.6 is 0 Å². The fraction of sp³-hybridized carbons (Fsp3) is 0.909. The van der Waals surface area contributed by atoms with E-state index in [1.807, 2.05) is 6.92 Å². The fourth-order valence-electron chi connectivity index (χ4n) is 2.37. The SMILES string of the molecule is CCCNC1=N[C@H]2[C@H](O)[C@@H](O)[C@H](CO)C[C@H]2O1. The highest BCUT2D eigenvalue weighted by Gasteiger charge is 2.47. The van der Waals surface area contributed by atoms with E-state index in [0.717, 1.165) is 13.0 Å². The molecule has 17 heavy (non-hydrogen) atoms. The quantitative estimate of drug-likeness (QED) is 0.502. The highest BCUT2D eigenvalue weighted by Crippen LogP contribution is 2.32. The van der Waals surface area contributed by atoms with E-state index < -0.39 is 18.2 Å². The summed E-state index contributed by atoms with van der Waals surface area (Å²) in [4.78, 5) is 4.24. The lowest BCUT2D eigenvalue weighted by Gasteiger charge is -2.36. The van der Waals surface area contributed by atoms with Gasteiger partial charge in [0.25, 0.3) is 6.02 Å². The zero-order valence-electron chi connectivity index (χ0n) is 9.91. The van der Waals surface area contributed by atoms with Crippen LogP contribution in [0.1, 0.15) is 19.8 Å². The number of aliphatic hydroxyl groups is 3. The molecular formula is C11H20N2O4. The van der Waals surface area contributed by atoms with Gasteiger partial charge in [0.05, 0.1) is 6.10 Å². The van der Waals surface area contributed by atoms with Gasteiger partial charge in [-0.05, 0) is 12.8 Å². The summed E-state index contributed by atoms with van der Waals surface area (Å²) in [5.41, 5.74) is 0. The molecule has 2 rings (SSSR count). The van der Waals surface area contributed by atoms with Crippen LogP contribution in [0, 0.1) is 5.92 Å². The van der Waals surface area contributed by atoms with Gasteiger partial charge in [0.2, 0.25) is 0 Å². The minimum absolute atomic E-state index is 0.150. The molecule has 1 saturated carbocycles. The normalized spacial score (nSPS) is 40.5. The molecule has 0 unspecified atom stereocenters. The van der Waals surface area contributed by atoms with Crippen molar-refractivity contribution in [1.82, 2.24) is 5.32 Å². The second-order valence-corrected chi connectivity index (χ2v) is 4.67. The Bertz CT molecular complexity index is 297. The van der Waals surface area contributed by atoms with Crippen molar-refractivity contribution in [3.8, 4) is 0 Å². The van der Waals surface area contributed by atoms with Crippen LogP contribution in [0.5, 0.6) is 0 Å². The van der Waals surface area contributed by atoms with Crippen LogP contribution in [-0.4, -0.2) is 58.8 Å². The molecule has 98 valence electrons. The van der Waals surface area contributed by atoms with Crippen molar-refractivity contribution in [3.63, 3.8) is 0 Å². The summed E-state index contributed by atoms with van der Waals surface area (Å²) >= 11 is 0. The Kier molecular flexibility index (Phi) is 3.86. The van der Waals surface area contributed by atoms with E-state index in [1.165, 1.54) is 0 Å². The molecule has 0 spiro atoms. The molecule has 0 amide bonds. The molecule has 0 aromatic carbocycles. The Labute approximate surface area is 100 Å². The van der Waals surface area contributed by atoms with E-state index in [9.17, 15) is 10.2 Å². The molecule has 1 aliphatic carbocycles. The van der Waals surface area contributed by atoms with Gasteiger partial charge >= 0.3 is 0 Å². The minimum atomic E-state index is -0.966. The maximum absolute atomic E-state index is 9.92. The number of ether oxygens (including phenoxy) is 1. The highest BCUT2D eigenvalue weighted by molar-refractivity contribution is 5.75. The number of amidine groups is 1. The van der Waals surface area contributed by atoms with Gasteiger partial charge < -0.3 is 25.4 Å². The minimum Gasteiger partial charge on any atom is -0.460 e. The van der Waals surface area contributed by atoms with Crippen molar-refractivity contribution in [2.45, 2.75) is 44.1 Å². The maximum atomic E-state index is 9.92. The molecule has 1 heterocycles. The molecule has 5 atom stereocenters. The lowest BCUT2D eigenvalue weighted by molar-refractivity contribution is -0.0948. The Morgan fingerprint density at radius 1 is 1.41 bits per heavy atom. The number of fused-ring (bicyclic) bond motifs is 1. The van der Waals surface area contributed by atoms with Crippen molar-refractivity contribution in [1.29, 1.82) is 0 Å². The van der Waals surface area contributed by atoms with Crippen LogP contribution in [0.2, 0.25) is 0 Å². The lowest BCUT2D eigenvalue weighted by atomic mass is 9.80. The van der Waals surface area contributed by atoms with Crippen LogP contribution in [0.25, 0.3) is 0 Å². The number of nitrogens with one attached hydrogen (secondary N) is 1. The molecular weight excluding hydrogens is 224 g/mol. The van der Waals surface area contributed by atoms with Crippen molar-refractivity contribution in [3.05, 3.63) is 0 Å². The second-order valence-electron chi connectivity index (χ2n) is 4.67. The fourth-order valence-corrected chi connectivity index (χ4v) is 2.37. The summed E-state index contributed by atoms with van der Waals surface area (Å²) in [6.45, 7) is 2.65. The van der Waals surface area contributed by atoms with Crippen molar-refractivity contribution in [2.24, 2.45) is 10.9 Å². The average molecular weight is 244 g/mol. The Balaban J connectivity index is 2.01. The number of aliphatic imine (C=N–C) groups is 1. The van der Waals surface area contributed by atoms with Crippen LogP contribution in [0.4, 0.5) is 0 Å². The third kappa shape index (κ3) is 2.38. The van der Waals surface area contributed by atoms with E-state index in [2.05, 4.69) is 10.3 Å². The number of rotatable bonds is 3. The topological polar surface area (TPSA) is 94.3 Å². The molecule has 2 aliphatic rings. The van der Waals surface area contributed by atoms with Crippen LogP contribution in [-0.2, 0) is 4.74 Å². The first-order valence-electron chi connectivity index (χ1n) is 6.12. The van der Waals surface area contributed by atoms with Gasteiger partial charge in [0.1, 0.15) is 18.2 Å². The molecule has 4 N–H and O–H groups in total. The maximum Gasteiger partial charge on any atom is 0.285 e. The van der Waals surface area contributed by atoms with Crippen LogP contribution in [0.15, 0.2) is 4.99 Å². The number of aliphatic hydroxyl groups excluding tert-OH is 3. The average Bonchev–Trinajstić information content (AvgIpc) is 2.74. The summed E-state index contributed by atoms with van der Waals surface area (Å²) in [5, 5.41) is 31.9. The molecule has 0 bridgehead atoms. The first-order chi connectivity index (χ1) is 8.17. The molecule has 0 saturated heterocycles. The predicted molar refractivity (Wildman–Crippen MR) is 61.6 cm³/mol. The van der Waals surface area contributed by atoms with E-state index >= 15 is 0 Å². The predicted octanol–water partition coefficient (Wildman–Crippen LogP) is -1.16. The first-order valence-corrected chi connectivity index (χ1v) is 6.12. The summed E-state index contributed by atoms with van der Waals surface area (Å²) in [6, 6.07) is 0.0128. The molecule has 0 aromatic heterocycles. The summed E-state index contributed by atoms with van der Waals surface area (Å²) in [7, 11) is 0. The number of hydrogen-bond acceptors (Lipinski definition) is 6. The van der Waals surface area contributed by atoms with Gasteiger partial charge in [-0.1, -0.05) is 6.92 Å². The monoisotopic (exact) mass is 244 g/mol. The summed E-state index contributed by atoms with van der Waals surface area (Å²) < 4.78 is 5.57. The standard InChI is InChI=1S/C11H20N2O4/c1-2-3-12-11-13-8-7(17-11)4-6(5-14)9(15)10(8)16/h6-10,14-16H,2-5H2,1H3,(H,12,13)/t6-,7+,8+,9-,10-/m0/s1. The van der Waals surface area contributed by atoms with Gasteiger partial charge in [-0.25, -0.2) is 4.99 Å². The van der Waals surface area contributed by atoms with Crippen molar-refractivity contribution in [2.75, 3.05) is 13.2 Å². The molecule has 6 nitrogen and oxygen atoms in total. The van der Waals surface area contributed by atoms with E-state index in [1.54, 1.807) is 0 Å².